The van der Waals surface area contributed by atoms with Crippen molar-refractivity contribution in [2.75, 3.05) is 0 Å². The van der Waals surface area contributed by atoms with Crippen LogP contribution in [0.1, 0.15) is 0 Å². The summed E-state index contributed by atoms with van der Waals surface area (Å²) in [5.74, 6) is 0.652. The van der Waals surface area contributed by atoms with Gasteiger partial charge in [0.2, 0.25) is 0 Å². The Morgan fingerprint density at radius 1 is 0.486 bits per heavy atom. The van der Waals surface area contributed by atoms with E-state index in [1.165, 1.54) is 0 Å². The summed E-state index contributed by atoms with van der Waals surface area (Å²) in [7, 11) is 0. The van der Waals surface area contributed by atoms with Crippen molar-refractivity contribution in [2.45, 2.75) is 0 Å². The van der Waals surface area contributed by atoms with Crippen molar-refractivity contribution in [3.8, 4) is 44.9 Å². The van der Waals surface area contributed by atoms with Crippen molar-refractivity contribution in [1.82, 2.24) is 15.0 Å². The fraction of sp³-hybridized carbons (Fsp3) is 0. The molecule has 4 aromatic carbocycles. The normalized spacial score (nSPS) is 11.0. The molecule has 0 N–H and O–H groups in total. The number of pyridine rings is 1. The van der Waals surface area contributed by atoms with Crippen LogP contribution in [-0.2, 0) is 0 Å². The quantitative estimate of drug-likeness (QED) is 0.237. The number of aromatic nitrogens is 3. The molecule has 0 aliphatic heterocycles. The number of halogens is 1. The second-order valence-corrected chi connectivity index (χ2v) is 9.23. The molecular formula is C31H20BrN3. The Kier molecular flexibility index (Phi) is 5.65. The average molecular weight is 514 g/mol. The van der Waals surface area contributed by atoms with Gasteiger partial charge in [-0.05, 0) is 64.7 Å². The fourth-order valence-corrected chi connectivity index (χ4v) is 4.70. The smallest absolute Gasteiger partial charge is 0.163 e. The van der Waals surface area contributed by atoms with Crippen molar-refractivity contribution in [3.63, 3.8) is 0 Å². The highest BCUT2D eigenvalue weighted by Crippen LogP contribution is 2.35. The van der Waals surface area contributed by atoms with E-state index < -0.39 is 0 Å². The highest BCUT2D eigenvalue weighted by molar-refractivity contribution is 9.10. The lowest BCUT2D eigenvalue weighted by Crippen LogP contribution is -1.97. The molecule has 166 valence electrons. The van der Waals surface area contributed by atoms with E-state index in [1.54, 1.807) is 6.20 Å². The van der Waals surface area contributed by atoms with E-state index in [4.69, 9.17) is 9.97 Å². The lowest BCUT2D eigenvalue weighted by molar-refractivity contribution is 1.19. The van der Waals surface area contributed by atoms with Gasteiger partial charge in [0.05, 0.1) is 5.69 Å². The molecule has 0 aliphatic rings. The van der Waals surface area contributed by atoms with Gasteiger partial charge in [0.15, 0.2) is 11.5 Å². The molecule has 0 spiro atoms. The summed E-state index contributed by atoms with van der Waals surface area (Å²) in [6.45, 7) is 0. The third-order valence-corrected chi connectivity index (χ3v) is 6.47. The Labute approximate surface area is 212 Å². The third-order valence-electron chi connectivity index (χ3n) is 5.97. The van der Waals surface area contributed by atoms with Crippen molar-refractivity contribution < 1.29 is 0 Å². The Hall–Kier alpha value is -4.15. The van der Waals surface area contributed by atoms with E-state index in [-0.39, 0.29) is 0 Å². The molecule has 6 rings (SSSR count). The highest BCUT2D eigenvalue weighted by atomic mass is 79.9. The summed E-state index contributed by atoms with van der Waals surface area (Å²) in [6, 6.07) is 39.6. The Morgan fingerprint density at radius 3 is 1.77 bits per heavy atom. The molecular weight excluding hydrogens is 494 g/mol. The minimum absolute atomic E-state index is 0.652. The first-order chi connectivity index (χ1) is 17.2. The summed E-state index contributed by atoms with van der Waals surface area (Å²) in [5.41, 5.74) is 8.12. The van der Waals surface area contributed by atoms with E-state index in [2.05, 4.69) is 87.6 Å². The molecule has 0 unspecified atom stereocenters. The van der Waals surface area contributed by atoms with Gasteiger partial charge in [-0.3, -0.25) is 0 Å². The molecule has 0 bridgehead atoms. The van der Waals surface area contributed by atoms with Crippen molar-refractivity contribution in [1.29, 1.82) is 0 Å². The Morgan fingerprint density at radius 2 is 1.11 bits per heavy atom. The molecule has 0 atom stereocenters. The topological polar surface area (TPSA) is 38.7 Å². The van der Waals surface area contributed by atoms with Crippen LogP contribution in [0.3, 0.4) is 0 Å². The first kappa shape index (κ1) is 21.4. The van der Waals surface area contributed by atoms with Crippen molar-refractivity contribution in [3.05, 3.63) is 126 Å². The summed E-state index contributed by atoms with van der Waals surface area (Å²) >= 11 is 3.57. The molecule has 2 aromatic heterocycles. The molecule has 4 heteroatoms. The highest BCUT2D eigenvalue weighted by Gasteiger charge is 2.15. The van der Waals surface area contributed by atoms with Crippen LogP contribution in [0, 0.1) is 0 Å². The zero-order valence-electron chi connectivity index (χ0n) is 18.8. The van der Waals surface area contributed by atoms with Crippen molar-refractivity contribution in [2.24, 2.45) is 0 Å². The number of benzene rings is 4. The van der Waals surface area contributed by atoms with Crippen LogP contribution in [0.4, 0.5) is 0 Å². The van der Waals surface area contributed by atoms with Crippen LogP contribution < -0.4 is 0 Å². The second-order valence-electron chi connectivity index (χ2n) is 8.31. The lowest BCUT2D eigenvalue weighted by atomic mass is 9.94. The molecule has 0 radical (unpaired) electrons. The van der Waals surface area contributed by atoms with E-state index in [0.29, 0.717) is 11.5 Å². The minimum atomic E-state index is 0.652. The molecule has 2 heterocycles. The van der Waals surface area contributed by atoms with Crippen LogP contribution in [-0.4, -0.2) is 15.0 Å². The van der Waals surface area contributed by atoms with Gasteiger partial charge in [-0.1, -0.05) is 88.7 Å². The number of hydrogen-bond acceptors (Lipinski definition) is 3. The van der Waals surface area contributed by atoms with E-state index in [1.807, 2.05) is 48.5 Å². The lowest BCUT2D eigenvalue weighted by Gasteiger charge is -2.13. The van der Waals surface area contributed by atoms with Gasteiger partial charge in [-0.15, -0.1) is 0 Å². The van der Waals surface area contributed by atoms with E-state index >= 15 is 0 Å². The van der Waals surface area contributed by atoms with E-state index in [0.717, 1.165) is 48.9 Å². The number of fused-ring (bicyclic) bond motifs is 1. The van der Waals surface area contributed by atoms with Crippen LogP contribution in [0.25, 0.3) is 55.9 Å². The Bertz CT molecular complexity index is 1590. The number of nitrogens with zero attached hydrogens (tertiary/aromatic N) is 3. The van der Waals surface area contributed by atoms with Crippen LogP contribution in [0.15, 0.2) is 126 Å². The molecule has 0 aliphatic carbocycles. The summed E-state index contributed by atoms with van der Waals surface area (Å²) < 4.78 is 0.985. The fourth-order valence-electron chi connectivity index (χ4n) is 4.30. The number of hydrogen-bond donors (Lipinski definition) is 0. The predicted octanol–water partition coefficient (Wildman–Crippen LogP) is 8.46. The average Bonchev–Trinajstić information content (AvgIpc) is 2.93. The van der Waals surface area contributed by atoms with Crippen molar-refractivity contribution >= 4 is 27.0 Å². The molecule has 0 saturated carbocycles. The maximum Gasteiger partial charge on any atom is 0.163 e. The largest absolute Gasteiger partial charge is 0.236 e. The molecule has 0 fully saturated rings. The SMILES string of the molecule is Brc1cccc(-c2nc(-c3cc(-c4ccccc4)cc(-c4ccccc4)c3)c3cccnc3n2)c1. The summed E-state index contributed by atoms with van der Waals surface area (Å²) in [4.78, 5) is 14.4. The van der Waals surface area contributed by atoms with Crippen LogP contribution in [0.5, 0.6) is 0 Å². The maximum absolute atomic E-state index is 5.08. The van der Waals surface area contributed by atoms with Gasteiger partial charge in [-0.25, -0.2) is 15.0 Å². The number of rotatable bonds is 4. The first-order valence-corrected chi connectivity index (χ1v) is 12.2. The molecule has 0 saturated heterocycles. The zero-order valence-corrected chi connectivity index (χ0v) is 20.4. The third kappa shape index (κ3) is 4.36. The first-order valence-electron chi connectivity index (χ1n) is 11.4. The van der Waals surface area contributed by atoms with E-state index in [9.17, 15) is 0 Å². The predicted molar refractivity (Wildman–Crippen MR) is 147 cm³/mol. The second kappa shape index (κ2) is 9.24. The van der Waals surface area contributed by atoms with Gasteiger partial charge in [-0.2, -0.15) is 0 Å². The molecule has 3 nitrogen and oxygen atoms in total. The van der Waals surface area contributed by atoms with Gasteiger partial charge >= 0.3 is 0 Å². The summed E-state index contributed by atoms with van der Waals surface area (Å²) in [5, 5.41) is 0.926. The standard InChI is InChI=1S/C31H20BrN3/c32-27-14-7-13-23(20-27)30-34-29(28-15-8-16-33-31(28)35-30)26-18-24(21-9-3-1-4-10-21)17-25(19-26)22-11-5-2-6-12-22/h1-20H. The minimum Gasteiger partial charge on any atom is -0.236 e. The van der Waals surface area contributed by atoms with Gasteiger partial charge in [0.1, 0.15) is 0 Å². The van der Waals surface area contributed by atoms with Gasteiger partial charge < -0.3 is 0 Å². The monoisotopic (exact) mass is 513 g/mol. The van der Waals surface area contributed by atoms with Gasteiger partial charge in [0.25, 0.3) is 0 Å². The molecule has 35 heavy (non-hydrogen) atoms. The zero-order chi connectivity index (χ0) is 23.6. The summed E-state index contributed by atoms with van der Waals surface area (Å²) in [6.07, 6.45) is 1.78. The molecule has 0 amide bonds. The maximum atomic E-state index is 5.08. The Balaban J connectivity index is 1.63. The molecule has 6 aromatic rings. The van der Waals surface area contributed by atoms with Crippen LogP contribution >= 0.6 is 15.9 Å². The van der Waals surface area contributed by atoms with Crippen LogP contribution in [0.2, 0.25) is 0 Å². The van der Waals surface area contributed by atoms with Gasteiger partial charge in [0, 0.05) is 27.2 Å².